The van der Waals surface area contributed by atoms with Crippen LogP contribution in [-0.2, 0) is 5.11 Å². The minimum absolute atomic E-state index is 0.649. The highest BCUT2D eigenvalue weighted by Crippen LogP contribution is 2.06. The van der Waals surface area contributed by atoms with Crippen LogP contribution in [0.3, 0.4) is 0 Å². The van der Waals surface area contributed by atoms with Gasteiger partial charge in [-0.3, -0.25) is 0 Å². The maximum absolute atomic E-state index is 9.87. The molecule has 2 N–H and O–H groups in total. The number of hydrogen-bond donors (Lipinski definition) is 2. The van der Waals surface area contributed by atoms with E-state index in [0.717, 1.165) is 0 Å². The molecule has 0 spiro atoms. The van der Waals surface area contributed by atoms with Crippen LogP contribution in [0.4, 0.5) is 0 Å². The average Bonchev–Trinajstić information content (AvgIpc) is 1.62. The van der Waals surface area contributed by atoms with Crippen LogP contribution in [0.1, 0.15) is 13.8 Å². The zero-order valence-corrected chi connectivity index (χ0v) is 5.09. The van der Waals surface area contributed by atoms with Crippen LogP contribution in [0.15, 0.2) is 0 Å². The summed E-state index contributed by atoms with van der Waals surface area (Å²) < 4.78 is 0. The molecule has 0 aromatic heterocycles. The maximum Gasteiger partial charge on any atom is 0.111 e. The minimum atomic E-state index is -1.25. The zero-order chi connectivity index (χ0) is 6.78. The van der Waals surface area contributed by atoms with Crippen molar-refractivity contribution in [1.82, 2.24) is 0 Å². The van der Waals surface area contributed by atoms with E-state index in [9.17, 15) is 5.11 Å². The van der Waals surface area contributed by atoms with Crippen LogP contribution in [-0.4, -0.2) is 28.5 Å². The van der Waals surface area contributed by atoms with Gasteiger partial charge in [-0.2, -0.15) is 0 Å². The molecule has 1 radical (unpaired) electrons. The average molecular weight is 119 g/mol. The van der Waals surface area contributed by atoms with E-state index in [2.05, 4.69) is 0 Å². The normalized spacial score (nSPS) is 16.1. The van der Waals surface area contributed by atoms with Crippen LogP contribution >= 0.6 is 0 Å². The monoisotopic (exact) mass is 119 g/mol. The van der Waals surface area contributed by atoms with Crippen LogP contribution in [0.5, 0.6) is 0 Å². The summed E-state index contributed by atoms with van der Waals surface area (Å²) in [4.78, 5) is 0. The van der Waals surface area contributed by atoms with Gasteiger partial charge in [-0.05, 0) is 13.8 Å². The number of rotatable bonds is 2. The molecule has 1 atom stereocenters. The van der Waals surface area contributed by atoms with Crippen molar-refractivity contribution in [2.45, 2.75) is 25.6 Å². The van der Waals surface area contributed by atoms with E-state index in [0.29, 0.717) is 0 Å². The second-order valence-corrected chi connectivity index (χ2v) is 2.34. The summed E-state index contributed by atoms with van der Waals surface area (Å²) in [6, 6.07) is 0. The lowest BCUT2D eigenvalue weighted by molar-refractivity contribution is -0.0830. The molecule has 0 saturated heterocycles. The Morgan fingerprint density at radius 3 is 2.00 bits per heavy atom. The van der Waals surface area contributed by atoms with Crippen molar-refractivity contribution < 1.29 is 15.3 Å². The van der Waals surface area contributed by atoms with E-state index in [-0.39, 0.29) is 0 Å². The molecule has 0 heterocycles. The summed E-state index contributed by atoms with van der Waals surface area (Å²) in [5.74, 6) is 0. The molecule has 0 bridgehead atoms. The Bertz CT molecular complexity index is 64.6. The predicted molar refractivity (Wildman–Crippen MR) is 27.9 cm³/mol. The fraction of sp³-hybridized carbons (Fsp3) is 1.00. The molecule has 3 nitrogen and oxygen atoms in total. The van der Waals surface area contributed by atoms with E-state index in [1.807, 2.05) is 0 Å². The fourth-order valence-corrected chi connectivity index (χ4v) is 0.204. The molecule has 0 amide bonds. The standard InChI is InChI=1S/C5H11O3/c1-5(2,8)4(7)3-6/h4,7-8H,3H2,1-2H3/t4-/m1/s1. The molecule has 49 valence electrons. The first kappa shape index (κ1) is 7.88. The highest BCUT2D eigenvalue weighted by Gasteiger charge is 2.23. The first-order chi connectivity index (χ1) is 3.48. The van der Waals surface area contributed by atoms with Crippen molar-refractivity contribution in [3.63, 3.8) is 0 Å². The van der Waals surface area contributed by atoms with E-state index in [1.54, 1.807) is 0 Å². The van der Waals surface area contributed by atoms with Crippen molar-refractivity contribution >= 4 is 0 Å². The van der Waals surface area contributed by atoms with Gasteiger partial charge in [-0.1, -0.05) is 0 Å². The Labute approximate surface area is 48.6 Å². The molecule has 0 aliphatic carbocycles. The second kappa shape index (κ2) is 2.44. The Kier molecular flexibility index (Phi) is 2.40. The van der Waals surface area contributed by atoms with Crippen LogP contribution in [0.2, 0.25) is 0 Å². The largest absolute Gasteiger partial charge is 0.388 e. The number of aliphatic hydroxyl groups excluding tert-OH is 1. The van der Waals surface area contributed by atoms with Gasteiger partial charge >= 0.3 is 0 Å². The molecule has 0 unspecified atom stereocenters. The summed E-state index contributed by atoms with van der Waals surface area (Å²) in [5.41, 5.74) is -1.25. The highest BCUT2D eigenvalue weighted by molar-refractivity contribution is 4.74. The van der Waals surface area contributed by atoms with Crippen molar-refractivity contribution in [3.05, 3.63) is 0 Å². The SMILES string of the molecule is CC(C)(O)[C@H](O)C[O]. The molecule has 0 aliphatic rings. The van der Waals surface area contributed by atoms with Crippen molar-refractivity contribution in [2.75, 3.05) is 6.61 Å². The quantitative estimate of drug-likeness (QED) is 0.517. The summed E-state index contributed by atoms with van der Waals surface area (Å²) in [6.45, 7) is 2.15. The lowest BCUT2D eigenvalue weighted by Gasteiger charge is -2.21. The first-order valence-electron chi connectivity index (χ1n) is 2.47. The van der Waals surface area contributed by atoms with Crippen LogP contribution < -0.4 is 0 Å². The first-order valence-corrected chi connectivity index (χ1v) is 2.47. The van der Waals surface area contributed by atoms with Crippen molar-refractivity contribution in [1.29, 1.82) is 0 Å². The van der Waals surface area contributed by atoms with Gasteiger partial charge in [-0.15, -0.1) is 0 Å². The third-order valence-corrected chi connectivity index (χ3v) is 0.973. The Morgan fingerprint density at radius 2 is 2.00 bits per heavy atom. The van der Waals surface area contributed by atoms with Gasteiger partial charge < -0.3 is 10.2 Å². The summed E-state index contributed by atoms with van der Waals surface area (Å²) in [5, 5.41) is 27.3. The predicted octanol–water partition coefficient (Wildman–Crippen LogP) is -0.451. The van der Waals surface area contributed by atoms with Crippen molar-refractivity contribution in [2.24, 2.45) is 0 Å². The van der Waals surface area contributed by atoms with Gasteiger partial charge in [0.15, 0.2) is 0 Å². The van der Waals surface area contributed by atoms with Gasteiger partial charge in [0.2, 0.25) is 0 Å². The van der Waals surface area contributed by atoms with E-state index >= 15 is 0 Å². The second-order valence-electron chi connectivity index (χ2n) is 2.34. The molecule has 0 aromatic carbocycles. The van der Waals surface area contributed by atoms with E-state index in [4.69, 9.17) is 10.2 Å². The third kappa shape index (κ3) is 2.26. The van der Waals surface area contributed by atoms with Crippen molar-refractivity contribution in [3.8, 4) is 0 Å². The molecule has 0 aromatic rings. The van der Waals surface area contributed by atoms with E-state index < -0.39 is 18.3 Å². The summed E-state index contributed by atoms with van der Waals surface area (Å²) >= 11 is 0. The Balaban J connectivity index is 3.62. The molecule has 0 rings (SSSR count). The van der Waals surface area contributed by atoms with Gasteiger partial charge in [-0.25, -0.2) is 5.11 Å². The van der Waals surface area contributed by atoms with Gasteiger partial charge in [0, 0.05) is 0 Å². The number of aliphatic hydroxyl groups is 2. The smallest absolute Gasteiger partial charge is 0.111 e. The molecule has 0 saturated carbocycles. The summed E-state index contributed by atoms with van der Waals surface area (Å²) in [7, 11) is 0. The third-order valence-electron chi connectivity index (χ3n) is 0.973. The Morgan fingerprint density at radius 1 is 1.62 bits per heavy atom. The zero-order valence-electron chi connectivity index (χ0n) is 5.09. The molecule has 0 aliphatic heterocycles. The van der Waals surface area contributed by atoms with Gasteiger partial charge in [0.25, 0.3) is 0 Å². The van der Waals surface area contributed by atoms with Gasteiger partial charge in [0.1, 0.15) is 12.7 Å². The minimum Gasteiger partial charge on any atom is -0.388 e. The van der Waals surface area contributed by atoms with E-state index in [1.165, 1.54) is 13.8 Å². The number of hydrogen-bond acceptors (Lipinski definition) is 2. The molecule has 0 fully saturated rings. The molecular formula is C5H11O3. The topological polar surface area (TPSA) is 60.4 Å². The Hall–Kier alpha value is -0.120. The lowest BCUT2D eigenvalue weighted by Crippen LogP contribution is -2.37. The van der Waals surface area contributed by atoms with Crippen LogP contribution in [0.25, 0.3) is 0 Å². The van der Waals surface area contributed by atoms with Gasteiger partial charge in [0.05, 0.1) is 5.60 Å². The molecule has 3 heteroatoms. The molecule has 8 heavy (non-hydrogen) atoms. The highest BCUT2D eigenvalue weighted by atomic mass is 16.4. The summed E-state index contributed by atoms with van der Waals surface area (Å²) in [6.07, 6.45) is -1.15. The lowest BCUT2D eigenvalue weighted by atomic mass is 10.0. The fourth-order valence-electron chi connectivity index (χ4n) is 0.204. The molecular weight excluding hydrogens is 108 g/mol. The maximum atomic E-state index is 9.87. The van der Waals surface area contributed by atoms with Crippen LogP contribution in [0, 0.1) is 0 Å².